The topological polar surface area (TPSA) is 16.4 Å². The molecule has 0 aliphatic heterocycles. The minimum absolute atomic E-state index is 0.258. The van der Waals surface area contributed by atoms with Crippen LogP contribution in [0.3, 0.4) is 0 Å². The van der Waals surface area contributed by atoms with Gasteiger partial charge in [-0.3, -0.25) is 0 Å². The zero-order chi connectivity index (χ0) is 34.1. The quantitative estimate of drug-likeness (QED) is 0.170. The molecule has 0 unspecified atom stereocenters. The van der Waals surface area contributed by atoms with Crippen molar-refractivity contribution >= 4 is 39.0 Å². The average molecular weight is 658 g/mol. The van der Waals surface area contributed by atoms with Gasteiger partial charge in [0.05, 0.1) is 0 Å². The smallest absolute Gasteiger partial charge is 0.143 e. The molecule has 0 amide bonds. The van der Waals surface area contributed by atoms with Gasteiger partial charge in [0.25, 0.3) is 0 Å². The van der Waals surface area contributed by atoms with Crippen molar-refractivity contribution in [2.75, 3.05) is 4.90 Å². The molecular weight excluding hydrogens is 626 g/mol. The highest BCUT2D eigenvalue weighted by molar-refractivity contribution is 6.13. The van der Waals surface area contributed by atoms with Crippen molar-refractivity contribution in [2.24, 2.45) is 0 Å². The van der Waals surface area contributed by atoms with Gasteiger partial charge in [0.2, 0.25) is 0 Å². The number of nitrogens with zero attached hydrogens (tertiary/aromatic N) is 1. The predicted octanol–water partition coefficient (Wildman–Crippen LogP) is 13.9. The van der Waals surface area contributed by atoms with Crippen LogP contribution in [0.2, 0.25) is 0 Å². The van der Waals surface area contributed by atoms with Gasteiger partial charge in [-0.05, 0) is 81.9 Å². The fraction of sp³-hybridized carbons (Fsp3) is 0. The number of hydrogen-bond acceptors (Lipinski definition) is 2. The van der Waals surface area contributed by atoms with Gasteiger partial charge in [-0.25, -0.2) is 4.39 Å². The van der Waals surface area contributed by atoms with Crippen LogP contribution in [0.1, 0.15) is 0 Å². The summed E-state index contributed by atoms with van der Waals surface area (Å²) in [4.78, 5) is 2.30. The molecule has 0 atom stereocenters. The first-order valence-corrected chi connectivity index (χ1v) is 17.1. The Labute approximate surface area is 296 Å². The Morgan fingerprint density at radius 1 is 0.333 bits per heavy atom. The van der Waals surface area contributed by atoms with Crippen LogP contribution in [0, 0.1) is 5.82 Å². The number of para-hydroxylation sites is 2. The van der Waals surface area contributed by atoms with Crippen LogP contribution in [0.4, 0.5) is 21.5 Å². The molecule has 9 aromatic rings. The van der Waals surface area contributed by atoms with E-state index in [2.05, 4.69) is 150 Å². The van der Waals surface area contributed by atoms with Gasteiger partial charge in [-0.15, -0.1) is 0 Å². The highest BCUT2D eigenvalue weighted by atomic mass is 19.1. The maximum absolute atomic E-state index is 13.8. The minimum atomic E-state index is -0.258. The molecule has 0 saturated heterocycles. The summed E-state index contributed by atoms with van der Waals surface area (Å²) in [5.74, 6) is -0.258. The third-order valence-electron chi connectivity index (χ3n) is 9.56. The molecule has 1 heterocycles. The Hall–Kier alpha value is -6.71. The molecule has 0 aliphatic rings. The Morgan fingerprint density at radius 3 is 1.29 bits per heavy atom. The monoisotopic (exact) mass is 657 g/mol. The van der Waals surface area contributed by atoms with Gasteiger partial charge in [0.1, 0.15) is 17.0 Å². The van der Waals surface area contributed by atoms with E-state index in [0.29, 0.717) is 0 Å². The van der Waals surface area contributed by atoms with E-state index >= 15 is 0 Å². The zero-order valence-corrected chi connectivity index (χ0v) is 27.7. The highest BCUT2D eigenvalue weighted by Gasteiger charge is 2.18. The number of hydrogen-bond donors (Lipinski definition) is 0. The van der Waals surface area contributed by atoms with E-state index < -0.39 is 0 Å². The standard InChI is InChI=1S/C48H32FNO/c49-39-26-20-37(21-27-39)43-16-8-18-45-46-19-9-17-44(48(46)51-47(43)45)38-14-7-15-42(32-38)50(40-28-22-35(23-29-40)33-10-3-1-4-11-33)41-30-24-36(25-31-41)34-12-5-2-6-13-34/h1-32H. The Bertz CT molecular complexity index is 2530. The van der Waals surface area contributed by atoms with Crippen LogP contribution >= 0.6 is 0 Å². The van der Waals surface area contributed by atoms with Crippen LogP contribution < -0.4 is 4.90 Å². The van der Waals surface area contributed by atoms with Crippen LogP contribution in [0.25, 0.3) is 66.4 Å². The van der Waals surface area contributed by atoms with Crippen LogP contribution in [-0.2, 0) is 0 Å². The number of halogens is 1. The second kappa shape index (κ2) is 13.0. The summed E-state index contributed by atoms with van der Waals surface area (Å²) in [6.45, 7) is 0. The van der Waals surface area contributed by atoms with Crippen molar-refractivity contribution in [1.29, 1.82) is 0 Å². The van der Waals surface area contributed by atoms with Crippen molar-refractivity contribution in [3.8, 4) is 44.5 Å². The molecule has 2 nitrogen and oxygen atoms in total. The normalized spacial score (nSPS) is 11.2. The average Bonchev–Trinajstić information content (AvgIpc) is 3.59. The number of benzene rings is 8. The molecule has 0 radical (unpaired) electrons. The first kappa shape index (κ1) is 30.4. The molecule has 242 valence electrons. The van der Waals surface area contributed by atoms with Crippen molar-refractivity contribution in [1.82, 2.24) is 0 Å². The van der Waals surface area contributed by atoms with Crippen molar-refractivity contribution in [3.05, 3.63) is 200 Å². The molecule has 8 aromatic carbocycles. The lowest BCUT2D eigenvalue weighted by atomic mass is 9.99. The van der Waals surface area contributed by atoms with E-state index in [1.807, 2.05) is 24.3 Å². The SMILES string of the molecule is Fc1ccc(-c2cccc3c2oc2c(-c4cccc(N(c5ccc(-c6ccccc6)cc5)c5ccc(-c6ccccc6)cc5)c4)cccc23)cc1. The van der Waals surface area contributed by atoms with Crippen molar-refractivity contribution < 1.29 is 8.81 Å². The molecule has 0 spiro atoms. The van der Waals surface area contributed by atoms with E-state index in [-0.39, 0.29) is 5.82 Å². The lowest BCUT2D eigenvalue weighted by Gasteiger charge is -2.26. The van der Waals surface area contributed by atoms with Gasteiger partial charge in [0.15, 0.2) is 0 Å². The maximum Gasteiger partial charge on any atom is 0.143 e. The number of anilines is 3. The molecule has 0 bridgehead atoms. The summed E-state index contributed by atoms with van der Waals surface area (Å²) in [6, 6.07) is 66.1. The number of furan rings is 1. The third-order valence-corrected chi connectivity index (χ3v) is 9.56. The summed E-state index contributed by atoms with van der Waals surface area (Å²) in [7, 11) is 0. The summed E-state index contributed by atoms with van der Waals surface area (Å²) in [5, 5.41) is 2.07. The molecule has 0 fully saturated rings. The van der Waals surface area contributed by atoms with Gasteiger partial charge in [0, 0.05) is 39.0 Å². The van der Waals surface area contributed by atoms with E-state index in [4.69, 9.17) is 4.42 Å². The molecule has 51 heavy (non-hydrogen) atoms. The lowest BCUT2D eigenvalue weighted by molar-refractivity contribution is 0.628. The Kier molecular flexibility index (Phi) is 7.71. The van der Waals surface area contributed by atoms with Gasteiger partial charge in [-0.1, -0.05) is 146 Å². The fourth-order valence-corrected chi connectivity index (χ4v) is 7.03. The molecule has 1 aromatic heterocycles. The Balaban J connectivity index is 1.16. The Morgan fingerprint density at radius 2 is 0.765 bits per heavy atom. The highest BCUT2D eigenvalue weighted by Crippen LogP contribution is 2.42. The first-order chi connectivity index (χ1) is 25.2. The predicted molar refractivity (Wildman–Crippen MR) is 210 cm³/mol. The van der Waals surface area contributed by atoms with Gasteiger partial charge in [-0.2, -0.15) is 0 Å². The molecular formula is C48H32FNO. The second-order valence-electron chi connectivity index (χ2n) is 12.7. The second-order valence-corrected chi connectivity index (χ2v) is 12.7. The molecule has 0 N–H and O–H groups in total. The van der Waals surface area contributed by atoms with Crippen LogP contribution in [-0.4, -0.2) is 0 Å². The largest absolute Gasteiger partial charge is 0.455 e. The fourth-order valence-electron chi connectivity index (χ4n) is 7.03. The number of rotatable bonds is 7. The molecule has 3 heteroatoms. The van der Waals surface area contributed by atoms with Crippen LogP contribution in [0.15, 0.2) is 199 Å². The first-order valence-electron chi connectivity index (χ1n) is 17.1. The van der Waals surface area contributed by atoms with E-state index in [1.54, 1.807) is 12.1 Å². The minimum Gasteiger partial charge on any atom is -0.455 e. The number of fused-ring (bicyclic) bond motifs is 3. The van der Waals surface area contributed by atoms with Crippen molar-refractivity contribution in [3.63, 3.8) is 0 Å². The molecule has 0 saturated carbocycles. The van der Waals surface area contributed by atoms with E-state index in [9.17, 15) is 4.39 Å². The van der Waals surface area contributed by atoms with Gasteiger partial charge >= 0.3 is 0 Å². The van der Waals surface area contributed by atoms with Crippen molar-refractivity contribution in [2.45, 2.75) is 0 Å². The molecule has 9 rings (SSSR count). The lowest BCUT2D eigenvalue weighted by Crippen LogP contribution is -2.10. The van der Waals surface area contributed by atoms with Gasteiger partial charge < -0.3 is 9.32 Å². The zero-order valence-electron chi connectivity index (χ0n) is 27.7. The van der Waals surface area contributed by atoms with E-state index in [0.717, 1.165) is 61.3 Å². The van der Waals surface area contributed by atoms with E-state index in [1.165, 1.54) is 34.4 Å². The molecule has 0 aliphatic carbocycles. The summed E-state index contributed by atoms with van der Waals surface area (Å²) < 4.78 is 20.5. The third kappa shape index (κ3) is 5.75. The summed E-state index contributed by atoms with van der Waals surface area (Å²) in [6.07, 6.45) is 0. The summed E-state index contributed by atoms with van der Waals surface area (Å²) in [5.41, 5.74) is 13.4. The summed E-state index contributed by atoms with van der Waals surface area (Å²) >= 11 is 0. The van der Waals surface area contributed by atoms with Crippen LogP contribution in [0.5, 0.6) is 0 Å². The maximum atomic E-state index is 13.8.